The summed E-state index contributed by atoms with van der Waals surface area (Å²) >= 11 is 0. The number of benzene rings is 2. The van der Waals surface area contributed by atoms with E-state index in [0.29, 0.717) is 0 Å². The Morgan fingerprint density at radius 1 is 0.464 bits per heavy atom. The molecule has 0 saturated heterocycles. The summed E-state index contributed by atoms with van der Waals surface area (Å²) in [6.45, 7) is 17.1. The highest BCUT2D eigenvalue weighted by atomic mass is 31.2. The number of hydrogen-bond acceptors (Lipinski definition) is 2. The molecule has 0 fully saturated rings. The molecule has 5 heterocycles. The minimum atomic E-state index is -4.45. The predicted molar refractivity (Wildman–Crippen MR) is 225 cm³/mol. The monoisotopic (exact) mass is 792 g/mol. The van der Waals surface area contributed by atoms with Gasteiger partial charge in [-0.25, -0.2) is 0 Å². The van der Waals surface area contributed by atoms with E-state index in [1.165, 1.54) is 24.3 Å². The van der Waals surface area contributed by atoms with Crippen molar-refractivity contribution in [3.8, 4) is 0 Å². The summed E-state index contributed by atoms with van der Waals surface area (Å²) in [5.41, 5.74) is 16.2. The molecule has 0 radical (unpaired) electrons. The van der Waals surface area contributed by atoms with Crippen LogP contribution >= 0.6 is 15.2 Å². The zero-order valence-electron chi connectivity index (χ0n) is 33.1. The lowest BCUT2D eigenvalue weighted by atomic mass is 9.96. The van der Waals surface area contributed by atoms with E-state index in [1.807, 2.05) is 0 Å². The molecule has 6 aromatic rings. The fourth-order valence-corrected chi connectivity index (χ4v) is 9.78. The standard InChI is InChI=1S/C44H50N4O6P2/c1-9-31-23(5)41-39(27-13-17-29(18-14-27)55(49,50)51)42-25(7)33(11-3)37(47-42)22-38-34(12-4)26(8)44(48-38)40(28-15-19-30(20-16-28)56(52,53)54)43-24(6)32(10-2)36(46-43)21-35(31)45-41/h13-22,45-48H,9-12H2,1-8H3,(H2,49,50,51)(H2,52,53,54). The van der Waals surface area contributed by atoms with Gasteiger partial charge in [0.1, 0.15) is 0 Å². The first kappa shape index (κ1) is 39.6. The van der Waals surface area contributed by atoms with E-state index < -0.39 is 15.2 Å². The largest absolute Gasteiger partial charge is 0.356 e. The van der Waals surface area contributed by atoms with Crippen LogP contribution in [0.2, 0.25) is 0 Å². The second-order valence-electron chi connectivity index (χ2n) is 14.7. The topological polar surface area (TPSA) is 178 Å². The van der Waals surface area contributed by atoms with Crippen LogP contribution < -0.4 is 32.0 Å². The summed E-state index contributed by atoms with van der Waals surface area (Å²) in [5, 5.41) is 3.71. The Labute approximate surface area is 326 Å². The van der Waals surface area contributed by atoms with Crippen molar-refractivity contribution in [1.82, 2.24) is 19.9 Å². The SMILES string of the molecule is CCc1c2[nH]c(c1C)C(c1ccc(P(=O)(O)O)cc1)=c1[nH]c(c(CC)c1C)=Cc1[nH]c(c(C)c1CC)C(c1ccc(P(=O)(O)O)cc1)=c1[nH]c(c(CC)c1C)=C2. The van der Waals surface area contributed by atoms with Gasteiger partial charge in [0, 0.05) is 33.2 Å². The van der Waals surface area contributed by atoms with Crippen molar-refractivity contribution in [3.05, 3.63) is 148 Å². The van der Waals surface area contributed by atoms with Gasteiger partial charge >= 0.3 is 15.2 Å². The number of fused-ring (bicyclic) bond motifs is 8. The molecule has 8 bridgehead atoms. The maximum absolute atomic E-state index is 12.2. The Kier molecular flexibility index (Phi) is 10.4. The van der Waals surface area contributed by atoms with Crippen molar-refractivity contribution < 1.29 is 28.7 Å². The summed E-state index contributed by atoms with van der Waals surface area (Å²) < 4.78 is 24.4. The van der Waals surface area contributed by atoms with Crippen molar-refractivity contribution >= 4 is 49.1 Å². The van der Waals surface area contributed by atoms with E-state index in [2.05, 4.69) is 87.5 Å². The van der Waals surface area contributed by atoms with E-state index in [1.54, 1.807) is 24.3 Å². The molecule has 2 aromatic carbocycles. The van der Waals surface area contributed by atoms with Gasteiger partial charge in [-0.1, -0.05) is 52.0 Å². The number of rotatable bonds is 8. The Hall–Kier alpha value is -4.66. The van der Waals surface area contributed by atoms with Gasteiger partial charge in [-0.3, -0.25) is 9.13 Å². The minimum absolute atomic E-state index is 0.0306. The highest BCUT2D eigenvalue weighted by Crippen LogP contribution is 2.36. The smallest absolute Gasteiger partial charge is 0.354 e. The van der Waals surface area contributed by atoms with E-state index in [9.17, 15) is 28.7 Å². The van der Waals surface area contributed by atoms with Crippen LogP contribution in [0.5, 0.6) is 0 Å². The van der Waals surface area contributed by atoms with Crippen molar-refractivity contribution in [1.29, 1.82) is 0 Å². The molecule has 56 heavy (non-hydrogen) atoms. The number of aromatic amines is 4. The molecule has 0 saturated carbocycles. The lowest BCUT2D eigenvalue weighted by Crippen LogP contribution is -2.18. The van der Waals surface area contributed by atoms with Crippen LogP contribution in [0, 0.1) is 27.7 Å². The Balaban J connectivity index is 1.69. The lowest BCUT2D eigenvalue weighted by Gasteiger charge is -2.11. The molecular formula is C44H50N4O6P2. The number of nitrogens with one attached hydrogen (secondary N) is 4. The van der Waals surface area contributed by atoms with E-state index in [4.69, 9.17) is 0 Å². The summed E-state index contributed by atoms with van der Waals surface area (Å²) in [4.78, 5) is 55.1. The molecule has 10 nitrogen and oxygen atoms in total. The zero-order chi connectivity index (χ0) is 40.4. The molecular weight excluding hydrogens is 742 g/mol. The van der Waals surface area contributed by atoms with Gasteiger partial charge in [-0.05, 0) is 145 Å². The highest BCUT2D eigenvalue weighted by molar-refractivity contribution is 7.60. The Morgan fingerprint density at radius 3 is 1.07 bits per heavy atom. The third-order valence-electron chi connectivity index (χ3n) is 11.6. The van der Waals surface area contributed by atoms with Crippen molar-refractivity contribution in [2.75, 3.05) is 0 Å². The molecule has 0 amide bonds. The Morgan fingerprint density at radius 2 is 0.786 bits per heavy atom. The van der Waals surface area contributed by atoms with Crippen LogP contribution in [0.15, 0.2) is 48.5 Å². The average Bonchev–Trinajstić information content (AvgIpc) is 3.84. The summed E-state index contributed by atoms with van der Waals surface area (Å²) in [6, 6.07) is 13.2. The molecule has 4 aromatic heterocycles. The van der Waals surface area contributed by atoms with Crippen molar-refractivity contribution in [2.45, 2.75) is 81.1 Å². The third-order valence-corrected chi connectivity index (χ3v) is 13.6. The summed E-state index contributed by atoms with van der Waals surface area (Å²) in [5.74, 6) is 0. The molecule has 1 aliphatic heterocycles. The van der Waals surface area contributed by atoms with Crippen molar-refractivity contribution in [3.63, 3.8) is 0 Å². The van der Waals surface area contributed by atoms with E-state index in [-0.39, 0.29) is 10.6 Å². The summed E-state index contributed by atoms with van der Waals surface area (Å²) in [7, 11) is -8.89. The second-order valence-corrected chi connectivity index (χ2v) is 17.9. The molecule has 292 valence electrons. The molecule has 0 spiro atoms. The highest BCUT2D eigenvalue weighted by Gasteiger charge is 2.25. The molecule has 0 unspecified atom stereocenters. The van der Waals surface area contributed by atoms with Gasteiger partial charge in [0.25, 0.3) is 0 Å². The lowest BCUT2D eigenvalue weighted by molar-refractivity contribution is 0.385. The van der Waals surface area contributed by atoms with Crippen LogP contribution in [0.3, 0.4) is 0 Å². The Bertz CT molecular complexity index is 2680. The normalized spacial score (nSPS) is 13.3. The quantitative estimate of drug-likeness (QED) is 0.105. The van der Waals surface area contributed by atoms with Gasteiger partial charge in [0.05, 0.1) is 32.7 Å². The molecule has 1 aliphatic rings. The average molecular weight is 793 g/mol. The molecule has 0 atom stereocenters. The minimum Gasteiger partial charge on any atom is -0.354 e. The zero-order valence-corrected chi connectivity index (χ0v) is 34.9. The fraction of sp³-hybridized carbons (Fsp3) is 0.273. The number of aromatic nitrogens is 4. The third kappa shape index (κ3) is 6.68. The van der Waals surface area contributed by atoms with Crippen LogP contribution in [0.1, 0.15) is 106 Å². The summed E-state index contributed by atoms with van der Waals surface area (Å²) in [6.07, 6.45) is 7.43. The number of H-pyrrole nitrogens is 4. The van der Waals surface area contributed by atoms with E-state index >= 15 is 0 Å². The maximum atomic E-state index is 12.2. The maximum Gasteiger partial charge on any atom is 0.356 e. The fourth-order valence-electron chi connectivity index (χ4n) is 8.70. The molecule has 0 aliphatic carbocycles. The first-order valence-corrected chi connectivity index (χ1v) is 22.4. The molecule has 8 N–H and O–H groups in total. The molecule has 7 rings (SSSR count). The van der Waals surface area contributed by atoms with Crippen LogP contribution in [0.4, 0.5) is 0 Å². The van der Waals surface area contributed by atoms with Crippen LogP contribution in [-0.4, -0.2) is 39.5 Å². The van der Waals surface area contributed by atoms with Crippen molar-refractivity contribution in [2.24, 2.45) is 0 Å². The van der Waals surface area contributed by atoms with Crippen LogP contribution in [-0.2, 0) is 34.8 Å². The first-order valence-electron chi connectivity index (χ1n) is 19.2. The van der Waals surface area contributed by atoms with Gasteiger partial charge in [0.15, 0.2) is 0 Å². The first-order chi connectivity index (χ1) is 26.5. The van der Waals surface area contributed by atoms with Gasteiger partial charge in [-0.2, -0.15) is 0 Å². The van der Waals surface area contributed by atoms with Gasteiger partial charge in [-0.15, -0.1) is 0 Å². The van der Waals surface area contributed by atoms with Gasteiger partial charge < -0.3 is 39.5 Å². The predicted octanol–water partition coefficient (Wildman–Crippen LogP) is 4.55. The van der Waals surface area contributed by atoms with Crippen LogP contribution in [0.25, 0.3) is 23.3 Å². The van der Waals surface area contributed by atoms with E-state index in [0.717, 1.165) is 137 Å². The number of hydrogen-bond donors (Lipinski definition) is 8. The van der Waals surface area contributed by atoms with Gasteiger partial charge in [0.2, 0.25) is 0 Å². The second kappa shape index (κ2) is 14.7. The molecule has 12 heteroatoms.